The number of carboxylic acid groups (broad SMARTS) is 1. The molecule has 1 aromatic carbocycles. The number of aromatic carboxylic acids is 1. The van der Waals surface area contributed by atoms with E-state index < -0.39 is 5.97 Å². The molecule has 21 heavy (non-hydrogen) atoms. The fourth-order valence-corrected chi connectivity index (χ4v) is 2.41. The van der Waals surface area contributed by atoms with Crippen LogP contribution in [0.25, 0.3) is 0 Å². The third-order valence-corrected chi connectivity index (χ3v) is 3.52. The molecule has 0 fully saturated rings. The average molecular weight is 286 g/mol. The standard InChI is InChI=1S/C15H14N2O4/c18-14(6-5-13-16-12(9-21-13)15(19)20)17-7-10-3-1-2-4-11(10)8-17/h1-4,9H,5-8H2,(H,19,20). The minimum Gasteiger partial charge on any atom is -0.476 e. The summed E-state index contributed by atoms with van der Waals surface area (Å²) in [5.74, 6) is -0.843. The van der Waals surface area contributed by atoms with Gasteiger partial charge >= 0.3 is 5.97 Å². The highest BCUT2D eigenvalue weighted by Crippen LogP contribution is 2.23. The van der Waals surface area contributed by atoms with Gasteiger partial charge in [-0.3, -0.25) is 4.79 Å². The van der Waals surface area contributed by atoms with Gasteiger partial charge in [-0.2, -0.15) is 0 Å². The van der Waals surface area contributed by atoms with Crippen LogP contribution in [0, 0.1) is 0 Å². The lowest BCUT2D eigenvalue weighted by atomic mass is 10.1. The molecule has 0 unspecified atom stereocenters. The van der Waals surface area contributed by atoms with E-state index in [0.29, 0.717) is 19.5 Å². The first-order valence-corrected chi connectivity index (χ1v) is 6.66. The van der Waals surface area contributed by atoms with Crippen LogP contribution in [-0.4, -0.2) is 26.9 Å². The Morgan fingerprint density at radius 3 is 2.48 bits per heavy atom. The van der Waals surface area contributed by atoms with Crippen LogP contribution in [0.3, 0.4) is 0 Å². The summed E-state index contributed by atoms with van der Waals surface area (Å²) in [6.07, 6.45) is 1.65. The number of nitrogens with zero attached hydrogens (tertiary/aromatic N) is 2. The summed E-state index contributed by atoms with van der Waals surface area (Å²) in [4.78, 5) is 28.5. The molecular formula is C15H14N2O4. The second-order valence-corrected chi connectivity index (χ2v) is 4.95. The number of carbonyl (C=O) groups is 2. The zero-order valence-electron chi connectivity index (χ0n) is 11.3. The second-order valence-electron chi connectivity index (χ2n) is 4.95. The van der Waals surface area contributed by atoms with E-state index >= 15 is 0 Å². The van der Waals surface area contributed by atoms with E-state index in [1.54, 1.807) is 4.90 Å². The summed E-state index contributed by atoms with van der Waals surface area (Å²) in [5.41, 5.74) is 2.22. The normalized spacial score (nSPS) is 13.2. The molecule has 0 saturated carbocycles. The summed E-state index contributed by atoms with van der Waals surface area (Å²) in [6.45, 7) is 1.25. The number of aryl methyl sites for hydroxylation is 1. The number of hydrogen-bond donors (Lipinski definition) is 1. The van der Waals surface area contributed by atoms with Crippen molar-refractivity contribution < 1.29 is 19.1 Å². The summed E-state index contributed by atoms with van der Waals surface area (Å²) in [6, 6.07) is 7.98. The third-order valence-electron chi connectivity index (χ3n) is 3.52. The van der Waals surface area contributed by atoms with Crippen LogP contribution in [0.4, 0.5) is 0 Å². The average Bonchev–Trinajstić information content (AvgIpc) is 3.11. The fourth-order valence-electron chi connectivity index (χ4n) is 2.41. The van der Waals surface area contributed by atoms with Gasteiger partial charge in [0.15, 0.2) is 11.6 Å². The van der Waals surface area contributed by atoms with Gasteiger partial charge in [0, 0.05) is 25.9 Å². The molecule has 2 heterocycles. The lowest BCUT2D eigenvalue weighted by Crippen LogP contribution is -2.25. The van der Waals surface area contributed by atoms with Crippen LogP contribution < -0.4 is 0 Å². The van der Waals surface area contributed by atoms with Gasteiger partial charge in [-0.25, -0.2) is 9.78 Å². The lowest BCUT2D eigenvalue weighted by Gasteiger charge is -2.14. The van der Waals surface area contributed by atoms with Crippen molar-refractivity contribution in [1.29, 1.82) is 0 Å². The number of amides is 1. The van der Waals surface area contributed by atoms with Crippen molar-refractivity contribution >= 4 is 11.9 Å². The minimum atomic E-state index is -1.13. The van der Waals surface area contributed by atoms with Gasteiger partial charge in [0.25, 0.3) is 0 Å². The number of oxazole rings is 1. The molecule has 6 nitrogen and oxygen atoms in total. The first-order chi connectivity index (χ1) is 10.1. The van der Waals surface area contributed by atoms with E-state index in [0.717, 1.165) is 6.26 Å². The molecule has 2 aromatic rings. The van der Waals surface area contributed by atoms with E-state index in [9.17, 15) is 9.59 Å². The van der Waals surface area contributed by atoms with Crippen molar-refractivity contribution in [1.82, 2.24) is 9.88 Å². The highest BCUT2D eigenvalue weighted by Gasteiger charge is 2.23. The topological polar surface area (TPSA) is 83.6 Å². The highest BCUT2D eigenvalue weighted by molar-refractivity contribution is 5.84. The largest absolute Gasteiger partial charge is 0.476 e. The van der Waals surface area contributed by atoms with Crippen LogP contribution in [0.2, 0.25) is 0 Å². The number of aromatic nitrogens is 1. The Morgan fingerprint density at radius 2 is 1.90 bits per heavy atom. The molecule has 0 bridgehead atoms. The molecule has 0 atom stereocenters. The van der Waals surface area contributed by atoms with Crippen molar-refractivity contribution in [3.63, 3.8) is 0 Å². The number of benzene rings is 1. The smallest absolute Gasteiger partial charge is 0.357 e. The van der Waals surface area contributed by atoms with Crippen molar-refractivity contribution in [3.05, 3.63) is 53.2 Å². The van der Waals surface area contributed by atoms with E-state index in [1.807, 2.05) is 24.3 Å². The summed E-state index contributed by atoms with van der Waals surface area (Å²) < 4.78 is 5.04. The zero-order chi connectivity index (χ0) is 14.8. The first kappa shape index (κ1) is 13.4. The van der Waals surface area contributed by atoms with Crippen molar-refractivity contribution in [2.75, 3.05) is 0 Å². The number of fused-ring (bicyclic) bond motifs is 1. The van der Waals surface area contributed by atoms with E-state index in [2.05, 4.69) is 4.98 Å². The Hall–Kier alpha value is -2.63. The lowest BCUT2D eigenvalue weighted by molar-refractivity contribution is -0.131. The van der Waals surface area contributed by atoms with Gasteiger partial charge < -0.3 is 14.4 Å². The van der Waals surface area contributed by atoms with Gasteiger partial charge in [0.2, 0.25) is 5.91 Å². The molecule has 0 saturated heterocycles. The predicted octanol–water partition coefficient (Wildman–Crippen LogP) is 1.85. The first-order valence-electron chi connectivity index (χ1n) is 6.66. The summed E-state index contributed by atoms with van der Waals surface area (Å²) >= 11 is 0. The Labute approximate surface area is 121 Å². The van der Waals surface area contributed by atoms with Gasteiger partial charge in [-0.05, 0) is 11.1 Å². The highest BCUT2D eigenvalue weighted by atomic mass is 16.4. The molecule has 0 aliphatic carbocycles. The number of rotatable bonds is 4. The number of carboxylic acids is 1. The SMILES string of the molecule is O=C(O)c1coc(CCC(=O)N2Cc3ccccc3C2)n1. The second kappa shape index (κ2) is 5.40. The Morgan fingerprint density at radius 1 is 1.24 bits per heavy atom. The fraction of sp³-hybridized carbons (Fsp3) is 0.267. The molecule has 3 rings (SSSR count). The van der Waals surface area contributed by atoms with Gasteiger partial charge in [-0.1, -0.05) is 24.3 Å². The molecule has 6 heteroatoms. The third kappa shape index (κ3) is 2.79. The molecule has 1 N–H and O–H groups in total. The molecule has 0 radical (unpaired) electrons. The molecule has 1 amide bonds. The molecule has 108 valence electrons. The van der Waals surface area contributed by atoms with E-state index in [-0.39, 0.29) is 23.9 Å². The maximum atomic E-state index is 12.2. The maximum absolute atomic E-state index is 12.2. The van der Waals surface area contributed by atoms with Crippen molar-refractivity contribution in [3.8, 4) is 0 Å². The number of hydrogen-bond acceptors (Lipinski definition) is 4. The number of carbonyl (C=O) groups excluding carboxylic acids is 1. The van der Waals surface area contributed by atoms with Gasteiger partial charge in [0.05, 0.1) is 0 Å². The maximum Gasteiger partial charge on any atom is 0.357 e. The molecular weight excluding hydrogens is 272 g/mol. The Bertz CT molecular complexity index is 667. The van der Waals surface area contributed by atoms with Crippen LogP contribution in [-0.2, 0) is 24.3 Å². The Kier molecular flexibility index (Phi) is 3.43. The predicted molar refractivity (Wildman–Crippen MR) is 72.5 cm³/mol. The molecule has 0 spiro atoms. The molecule has 1 aromatic heterocycles. The zero-order valence-corrected chi connectivity index (χ0v) is 11.3. The monoisotopic (exact) mass is 286 g/mol. The van der Waals surface area contributed by atoms with E-state index in [1.165, 1.54) is 11.1 Å². The quantitative estimate of drug-likeness (QED) is 0.927. The van der Waals surface area contributed by atoms with E-state index in [4.69, 9.17) is 9.52 Å². The molecule has 1 aliphatic rings. The van der Waals surface area contributed by atoms with Crippen molar-refractivity contribution in [2.45, 2.75) is 25.9 Å². The minimum absolute atomic E-state index is 0.0151. The van der Waals surface area contributed by atoms with Gasteiger partial charge in [-0.15, -0.1) is 0 Å². The van der Waals surface area contributed by atoms with Crippen molar-refractivity contribution in [2.24, 2.45) is 0 Å². The summed E-state index contributed by atoms with van der Waals surface area (Å²) in [7, 11) is 0. The molecule has 1 aliphatic heterocycles. The summed E-state index contributed by atoms with van der Waals surface area (Å²) in [5, 5.41) is 8.75. The van der Waals surface area contributed by atoms with Crippen LogP contribution in [0.15, 0.2) is 34.9 Å². The Balaban J connectivity index is 1.57. The van der Waals surface area contributed by atoms with Crippen LogP contribution in [0.1, 0.15) is 33.9 Å². The van der Waals surface area contributed by atoms with Crippen LogP contribution in [0.5, 0.6) is 0 Å². The van der Waals surface area contributed by atoms with Gasteiger partial charge in [0.1, 0.15) is 6.26 Å². The van der Waals surface area contributed by atoms with Crippen LogP contribution >= 0.6 is 0 Å².